The van der Waals surface area contributed by atoms with Gasteiger partial charge in [0.25, 0.3) is 11.5 Å². The Morgan fingerprint density at radius 3 is 2.71 bits per heavy atom. The fraction of sp³-hybridized carbons (Fsp3) is 0.393. The molecule has 4 N–H and O–H groups in total. The molecule has 9 nitrogen and oxygen atoms in total. The van der Waals surface area contributed by atoms with Crippen LogP contribution >= 0.6 is 0 Å². The number of hydrogen-bond donors (Lipinski definition) is 4. The number of carbonyl (C=O) groups is 1. The maximum absolute atomic E-state index is 14.7. The summed E-state index contributed by atoms with van der Waals surface area (Å²) in [6.45, 7) is 5.31. The zero-order chi connectivity index (χ0) is 27.1. The molecule has 0 radical (unpaired) electrons. The van der Waals surface area contributed by atoms with E-state index in [9.17, 15) is 14.0 Å². The third-order valence-electron chi connectivity index (χ3n) is 6.28. The molecule has 1 atom stereocenters. The lowest BCUT2D eigenvalue weighted by molar-refractivity contribution is 0.0950. The summed E-state index contributed by atoms with van der Waals surface area (Å²) in [4.78, 5) is 30.0. The number of hydrogen-bond acceptors (Lipinski definition) is 7. The SMILES string of the molecule is Cc1c(F)cc(C(=O)NC2CC2)cc1-n1ccnc(NC(C)Cc2ccc(OCCNCCO)cc2)c1=O. The molecule has 0 aliphatic heterocycles. The maximum Gasteiger partial charge on any atom is 0.297 e. The zero-order valence-electron chi connectivity index (χ0n) is 21.7. The van der Waals surface area contributed by atoms with Crippen molar-refractivity contribution in [2.45, 2.75) is 45.2 Å². The molecule has 1 fully saturated rings. The Labute approximate surface area is 221 Å². The predicted molar refractivity (Wildman–Crippen MR) is 144 cm³/mol. The van der Waals surface area contributed by atoms with E-state index < -0.39 is 11.4 Å². The first-order chi connectivity index (χ1) is 18.4. The molecule has 1 saturated carbocycles. The molecule has 1 heterocycles. The average Bonchev–Trinajstić information content (AvgIpc) is 3.72. The molecular formula is C28H34FN5O4. The summed E-state index contributed by atoms with van der Waals surface area (Å²) in [7, 11) is 0. The summed E-state index contributed by atoms with van der Waals surface area (Å²) in [6, 6.07) is 10.5. The number of anilines is 1. The number of rotatable bonds is 13. The number of benzene rings is 2. The van der Waals surface area contributed by atoms with Crippen molar-refractivity contribution in [1.29, 1.82) is 0 Å². The second-order valence-electron chi connectivity index (χ2n) is 9.52. The van der Waals surface area contributed by atoms with Gasteiger partial charge in [-0.15, -0.1) is 0 Å². The number of aliphatic hydroxyl groups is 1. The van der Waals surface area contributed by atoms with Gasteiger partial charge in [0.2, 0.25) is 0 Å². The zero-order valence-corrected chi connectivity index (χ0v) is 21.7. The second kappa shape index (κ2) is 12.7. The standard InChI is InChI=1S/C28H34FN5O4/c1-18(15-20-3-7-23(8-4-20)38-14-11-30-10-13-35)32-26-28(37)34(12-9-31-26)25-17-21(16-24(29)19(25)2)27(36)33-22-5-6-22/h3-4,7-9,12,16-18,22,30,35H,5-6,10-11,13-15H2,1-2H3,(H,31,32)(H,33,36). The molecule has 3 aromatic rings. The quantitative estimate of drug-likeness (QED) is 0.255. The number of halogens is 1. The van der Waals surface area contributed by atoms with E-state index in [4.69, 9.17) is 9.84 Å². The summed E-state index contributed by atoms with van der Waals surface area (Å²) in [5, 5.41) is 17.9. The molecule has 0 bridgehead atoms. The minimum atomic E-state index is -0.552. The lowest BCUT2D eigenvalue weighted by Gasteiger charge is -2.17. The topological polar surface area (TPSA) is 118 Å². The summed E-state index contributed by atoms with van der Waals surface area (Å²) in [5.41, 5.74) is 1.37. The van der Waals surface area contributed by atoms with Crippen LogP contribution in [0, 0.1) is 12.7 Å². The second-order valence-corrected chi connectivity index (χ2v) is 9.52. The summed E-state index contributed by atoms with van der Waals surface area (Å²) in [6.07, 6.45) is 5.43. The van der Waals surface area contributed by atoms with Crippen LogP contribution in [0.2, 0.25) is 0 Å². The Hall–Kier alpha value is -3.76. The van der Waals surface area contributed by atoms with Crippen molar-refractivity contribution in [3.05, 3.63) is 81.7 Å². The van der Waals surface area contributed by atoms with Gasteiger partial charge in [0, 0.05) is 48.7 Å². The monoisotopic (exact) mass is 523 g/mol. The third kappa shape index (κ3) is 7.17. The minimum Gasteiger partial charge on any atom is -0.492 e. The first-order valence-electron chi connectivity index (χ1n) is 12.8. The molecule has 1 aliphatic rings. The van der Waals surface area contributed by atoms with Gasteiger partial charge in [-0.05, 0) is 62.9 Å². The largest absolute Gasteiger partial charge is 0.492 e. The molecule has 1 amide bonds. The number of amides is 1. The molecule has 1 aromatic heterocycles. The van der Waals surface area contributed by atoms with Crippen molar-refractivity contribution in [1.82, 2.24) is 20.2 Å². The number of aliphatic hydroxyl groups excluding tert-OH is 1. The average molecular weight is 524 g/mol. The normalized spacial score (nSPS) is 13.7. The van der Waals surface area contributed by atoms with Crippen LogP contribution in [-0.4, -0.2) is 59.0 Å². The van der Waals surface area contributed by atoms with Crippen molar-refractivity contribution in [3.63, 3.8) is 0 Å². The van der Waals surface area contributed by atoms with E-state index >= 15 is 0 Å². The lowest BCUT2D eigenvalue weighted by Crippen LogP contribution is -2.29. The molecule has 0 spiro atoms. The number of nitrogens with one attached hydrogen (secondary N) is 3. The summed E-state index contributed by atoms with van der Waals surface area (Å²) in [5.74, 6) is -0.00760. The Balaban J connectivity index is 1.42. The fourth-order valence-electron chi connectivity index (χ4n) is 4.05. The van der Waals surface area contributed by atoms with Crippen molar-refractivity contribution in [2.24, 2.45) is 0 Å². The third-order valence-corrected chi connectivity index (χ3v) is 6.28. The minimum absolute atomic E-state index is 0.0949. The molecule has 38 heavy (non-hydrogen) atoms. The Morgan fingerprint density at radius 1 is 1.24 bits per heavy atom. The van der Waals surface area contributed by atoms with Crippen molar-refractivity contribution < 1.29 is 19.0 Å². The van der Waals surface area contributed by atoms with Gasteiger partial charge in [0.1, 0.15) is 18.2 Å². The van der Waals surface area contributed by atoms with Crippen molar-refractivity contribution >= 4 is 11.7 Å². The van der Waals surface area contributed by atoms with E-state index in [1.54, 1.807) is 6.92 Å². The van der Waals surface area contributed by atoms with Gasteiger partial charge in [0.05, 0.1) is 12.3 Å². The molecule has 202 valence electrons. The van der Waals surface area contributed by atoms with Crippen LogP contribution in [0.15, 0.2) is 53.6 Å². The maximum atomic E-state index is 14.7. The molecule has 1 unspecified atom stereocenters. The number of nitrogens with zero attached hydrogens (tertiary/aromatic N) is 2. The van der Waals surface area contributed by atoms with Gasteiger partial charge in [-0.3, -0.25) is 14.2 Å². The van der Waals surface area contributed by atoms with Gasteiger partial charge < -0.3 is 25.8 Å². The summed E-state index contributed by atoms with van der Waals surface area (Å²) < 4.78 is 21.7. The lowest BCUT2D eigenvalue weighted by atomic mass is 10.1. The van der Waals surface area contributed by atoms with Gasteiger partial charge in [-0.25, -0.2) is 9.37 Å². The Morgan fingerprint density at radius 2 is 2.00 bits per heavy atom. The highest BCUT2D eigenvalue weighted by molar-refractivity contribution is 5.95. The molecule has 2 aromatic carbocycles. The van der Waals surface area contributed by atoms with E-state index in [0.29, 0.717) is 31.8 Å². The van der Waals surface area contributed by atoms with Crippen LogP contribution < -0.4 is 26.2 Å². The van der Waals surface area contributed by atoms with Gasteiger partial charge in [-0.1, -0.05) is 12.1 Å². The first kappa shape index (κ1) is 27.3. The van der Waals surface area contributed by atoms with Gasteiger partial charge in [0.15, 0.2) is 5.82 Å². The number of aromatic nitrogens is 2. The first-order valence-corrected chi connectivity index (χ1v) is 12.8. The van der Waals surface area contributed by atoms with E-state index in [2.05, 4.69) is 20.9 Å². The smallest absolute Gasteiger partial charge is 0.297 e. The van der Waals surface area contributed by atoms with Gasteiger partial charge in [-0.2, -0.15) is 0 Å². The van der Waals surface area contributed by atoms with Crippen LogP contribution in [0.3, 0.4) is 0 Å². The van der Waals surface area contributed by atoms with Crippen molar-refractivity contribution in [3.8, 4) is 11.4 Å². The van der Waals surface area contributed by atoms with E-state index in [1.807, 2.05) is 31.2 Å². The van der Waals surface area contributed by atoms with E-state index in [1.165, 1.54) is 29.1 Å². The van der Waals surface area contributed by atoms with Crippen molar-refractivity contribution in [2.75, 3.05) is 31.6 Å². The molecule has 1 aliphatic carbocycles. The van der Waals surface area contributed by atoms with E-state index in [0.717, 1.165) is 24.2 Å². The predicted octanol–water partition coefficient (Wildman–Crippen LogP) is 2.58. The van der Waals surface area contributed by atoms with Crippen LogP contribution in [0.25, 0.3) is 5.69 Å². The highest BCUT2D eigenvalue weighted by Crippen LogP contribution is 2.22. The summed E-state index contributed by atoms with van der Waals surface area (Å²) >= 11 is 0. The number of carbonyl (C=O) groups excluding carboxylic acids is 1. The number of ether oxygens (including phenoxy) is 1. The Kier molecular flexibility index (Phi) is 9.09. The molecular weight excluding hydrogens is 489 g/mol. The van der Waals surface area contributed by atoms with Gasteiger partial charge >= 0.3 is 0 Å². The van der Waals surface area contributed by atoms with E-state index in [-0.39, 0.29) is 41.5 Å². The fourth-order valence-corrected chi connectivity index (χ4v) is 4.05. The van der Waals surface area contributed by atoms with Crippen LogP contribution in [0.4, 0.5) is 10.2 Å². The van der Waals surface area contributed by atoms with Crippen LogP contribution in [0.5, 0.6) is 5.75 Å². The highest BCUT2D eigenvalue weighted by Gasteiger charge is 2.25. The van der Waals surface area contributed by atoms with Crippen LogP contribution in [-0.2, 0) is 6.42 Å². The molecule has 0 saturated heterocycles. The molecule has 10 heteroatoms. The highest BCUT2D eigenvalue weighted by atomic mass is 19.1. The van der Waals surface area contributed by atoms with Crippen LogP contribution in [0.1, 0.15) is 41.3 Å². The Bertz CT molecular complexity index is 1310. The molecule has 4 rings (SSSR count).